The smallest absolute Gasteiger partial charge is 0.350 e. The number of rotatable bonds is 26. The molecule has 2 aromatic rings. The van der Waals surface area contributed by atoms with Crippen molar-refractivity contribution < 1.29 is 52.4 Å². The Morgan fingerprint density at radius 3 is 1.21 bits per heavy atom. The number of carbonyl (C=O) groups excluding carboxylic acids is 2. The van der Waals surface area contributed by atoms with Gasteiger partial charge in [-0.2, -0.15) is 0 Å². The Balaban J connectivity index is 0. The number of ether oxygens (including phenoxy) is 2. The largest absolute Gasteiger partial charge is 0.462 e. The van der Waals surface area contributed by atoms with Crippen molar-refractivity contribution >= 4 is 82.0 Å². The fraction of sp³-hybridized carbons (Fsp3) is 0.480. The monoisotopic (exact) mass is 1140 g/mol. The van der Waals surface area contributed by atoms with Gasteiger partial charge >= 0.3 is 29.1 Å². The van der Waals surface area contributed by atoms with Crippen LogP contribution in [0.4, 0.5) is 0 Å². The summed E-state index contributed by atoms with van der Waals surface area (Å²) in [4.78, 5) is 27.9. The van der Waals surface area contributed by atoms with E-state index < -0.39 is 91.8 Å². The summed E-state index contributed by atoms with van der Waals surface area (Å²) in [6.45, 7) is 38.7. The summed E-state index contributed by atoms with van der Waals surface area (Å²) in [7, 11) is -16.9. The molecule has 0 atom stereocenters. The molecule has 2 rings (SSSR count). The molecule has 0 bridgehead atoms. The molecule has 14 nitrogen and oxygen atoms in total. The number of likely N-dealkylation sites (N-methyl/N-ethyl adjacent to an activating group) is 2. The molecule has 0 aliphatic rings. The van der Waals surface area contributed by atoms with Gasteiger partial charge in [0.1, 0.15) is 0 Å². The highest BCUT2D eigenvalue weighted by molar-refractivity contribution is 7.96. The third kappa shape index (κ3) is 26.6. The van der Waals surface area contributed by atoms with Crippen LogP contribution in [0.5, 0.6) is 0 Å². The lowest BCUT2D eigenvalue weighted by Gasteiger charge is -2.40. The predicted molar refractivity (Wildman–Crippen MR) is 313 cm³/mol. The van der Waals surface area contributed by atoms with Crippen LogP contribution in [0.15, 0.2) is 141 Å². The number of benzene rings is 2. The highest BCUT2D eigenvalue weighted by atomic mass is 32.2. The lowest BCUT2D eigenvalue weighted by molar-refractivity contribution is -0.138. The van der Waals surface area contributed by atoms with Gasteiger partial charge in [0.05, 0.1) is 23.0 Å². The number of carbonyl (C=O) groups is 2. The standard InChI is InChI=1S/2C24H41NO6SSi3.2CH4/c1-11-29-24(26)23(32(27,28)22-16-13-12-14-17-22)18-15-19-25(3)20-21(2)35(10,30-33(4,5)6)31-34(7,8)9;1-10-29-24(26)23(32(27,28)22-16-12-11-13-17-22)18-14-19-25(2)20-15-21-35(9,30-33(3,4)5)31-34(6,7)8;;/h12-19H,2,11,20H2,1,3-10H3;11-19,21H,10,20H2,1-9H3;2*1H4/b19-15+,23-18+;19-14+,21-15+,23-18+;;. The first-order valence-corrected chi connectivity index (χ1v) is 44.5. The first-order chi connectivity index (χ1) is 31.9. The zero-order valence-electron chi connectivity index (χ0n) is 45.0. The Hall–Kier alpha value is -3.54. The van der Waals surface area contributed by atoms with Crippen LogP contribution < -0.4 is 0 Å². The van der Waals surface area contributed by atoms with E-state index in [0.717, 1.165) is 5.20 Å². The molecular formula is C50H90N2O12S2Si6. The molecule has 0 fully saturated rings. The maximum atomic E-state index is 13.0. The Labute approximate surface area is 442 Å². The maximum absolute atomic E-state index is 13.0. The van der Waals surface area contributed by atoms with Crippen LogP contribution in [0.2, 0.25) is 91.7 Å². The number of sulfone groups is 2. The van der Waals surface area contributed by atoms with E-state index in [2.05, 4.69) is 104 Å². The SMILES string of the molecule is C.C.C=C(CN(C)/C=C/C=C(\C(=O)OCC)S(=O)(=O)c1ccccc1)[Si](C)(O[Si](C)(C)C)O[Si](C)(C)C.CCOC(=O)/C(=C\C=C\N(C)C/C=C/[Si](C)(O[Si](C)(C)C)O[Si](C)(C)C)S(=O)(=O)c1ccccc1. The van der Waals surface area contributed by atoms with Crippen LogP contribution in [0, 0.1) is 0 Å². The van der Waals surface area contributed by atoms with E-state index in [4.69, 9.17) is 25.9 Å². The Kier molecular flexibility index (Phi) is 29.5. The summed E-state index contributed by atoms with van der Waals surface area (Å²) in [5.74, 6) is -1.77. The van der Waals surface area contributed by atoms with Gasteiger partial charge in [-0.1, -0.05) is 63.9 Å². The zero-order chi connectivity index (χ0) is 54.0. The summed E-state index contributed by atoms with van der Waals surface area (Å²) in [5.41, 5.74) is 2.08. The number of nitrogens with zero attached hydrogens (tertiary/aromatic N) is 2. The summed E-state index contributed by atoms with van der Waals surface area (Å²) < 4.78 is 88.1. The minimum atomic E-state index is -4.03. The molecule has 0 amide bonds. The third-order valence-electron chi connectivity index (χ3n) is 8.73. The number of hydrogen-bond donors (Lipinski definition) is 0. The molecule has 0 spiro atoms. The van der Waals surface area contributed by atoms with E-state index >= 15 is 0 Å². The van der Waals surface area contributed by atoms with Crippen molar-refractivity contribution in [2.24, 2.45) is 0 Å². The van der Waals surface area contributed by atoms with Crippen LogP contribution in [0.25, 0.3) is 0 Å². The Morgan fingerprint density at radius 2 is 0.889 bits per heavy atom. The average Bonchev–Trinajstić information content (AvgIpc) is 3.19. The van der Waals surface area contributed by atoms with E-state index in [-0.39, 0.29) is 37.9 Å². The summed E-state index contributed by atoms with van der Waals surface area (Å²) in [5, 5.41) is 0.890. The summed E-state index contributed by atoms with van der Waals surface area (Å²) in [6.07, 6.45) is 11.0. The van der Waals surface area contributed by atoms with Gasteiger partial charge in [-0.25, -0.2) is 26.4 Å². The molecule has 0 aliphatic carbocycles. The highest BCUT2D eigenvalue weighted by Crippen LogP contribution is 2.28. The van der Waals surface area contributed by atoms with Gasteiger partial charge in [0.15, 0.2) is 43.1 Å². The van der Waals surface area contributed by atoms with E-state index in [1.54, 1.807) is 62.6 Å². The second kappa shape index (κ2) is 30.1. The van der Waals surface area contributed by atoms with E-state index in [9.17, 15) is 26.4 Å². The summed E-state index contributed by atoms with van der Waals surface area (Å²) in [6, 6.07) is 15.7. The highest BCUT2D eigenvalue weighted by Gasteiger charge is 2.43. The van der Waals surface area contributed by atoms with E-state index in [0.29, 0.717) is 13.1 Å². The van der Waals surface area contributed by atoms with E-state index in [1.807, 2.05) is 30.0 Å². The minimum absolute atomic E-state index is 0. The first-order valence-electron chi connectivity index (χ1n) is 23.2. The topological polar surface area (TPSA) is 164 Å². The number of allylic oxidation sites excluding steroid dienone is 4. The van der Waals surface area contributed by atoms with Crippen LogP contribution in [-0.4, -0.2) is 129 Å². The lowest BCUT2D eigenvalue weighted by atomic mass is 10.4. The van der Waals surface area contributed by atoms with Gasteiger partial charge in [0.2, 0.25) is 19.7 Å². The van der Waals surface area contributed by atoms with Crippen molar-refractivity contribution in [2.75, 3.05) is 40.4 Å². The predicted octanol–water partition coefficient (Wildman–Crippen LogP) is 11.7. The quantitative estimate of drug-likeness (QED) is 0.0378. The molecule has 0 saturated carbocycles. The van der Waals surface area contributed by atoms with Gasteiger partial charge in [0, 0.05) is 27.2 Å². The molecule has 0 saturated heterocycles. The first kappa shape index (κ1) is 70.5. The Morgan fingerprint density at radius 1 is 0.556 bits per heavy atom. The van der Waals surface area contributed by atoms with Crippen LogP contribution in [0.1, 0.15) is 28.7 Å². The van der Waals surface area contributed by atoms with Crippen LogP contribution in [0.3, 0.4) is 0 Å². The minimum Gasteiger partial charge on any atom is -0.462 e. The Bertz CT molecular complexity index is 2370. The van der Waals surface area contributed by atoms with Gasteiger partial charge in [-0.3, -0.25) is 0 Å². The van der Waals surface area contributed by atoms with Crippen LogP contribution in [-0.2, 0) is 55.2 Å². The second-order valence-corrected chi connectivity index (χ2v) is 49.5. The molecule has 0 radical (unpaired) electrons. The van der Waals surface area contributed by atoms with Crippen molar-refractivity contribution in [1.82, 2.24) is 9.80 Å². The van der Waals surface area contributed by atoms with Crippen molar-refractivity contribution in [3.8, 4) is 0 Å². The fourth-order valence-corrected chi connectivity index (χ4v) is 32.1. The lowest BCUT2D eigenvalue weighted by Crippen LogP contribution is -2.55. The van der Waals surface area contributed by atoms with Gasteiger partial charge in [-0.15, -0.1) is 0 Å². The molecule has 0 heterocycles. The van der Waals surface area contributed by atoms with Crippen molar-refractivity contribution in [1.29, 1.82) is 0 Å². The van der Waals surface area contributed by atoms with Gasteiger partial charge in [-0.05, 0) is 177 Å². The normalized spacial score (nSPS) is 13.5. The molecule has 408 valence electrons. The van der Waals surface area contributed by atoms with Crippen molar-refractivity contribution in [2.45, 2.75) is 130 Å². The van der Waals surface area contributed by atoms with Gasteiger partial charge < -0.3 is 35.7 Å². The molecule has 0 aromatic heterocycles. The zero-order valence-corrected chi connectivity index (χ0v) is 52.7. The summed E-state index contributed by atoms with van der Waals surface area (Å²) >= 11 is 0. The third-order valence-corrected chi connectivity index (χ3v) is 30.7. The molecule has 72 heavy (non-hydrogen) atoms. The maximum Gasteiger partial charge on any atom is 0.350 e. The molecule has 0 N–H and O–H groups in total. The molecule has 2 aromatic carbocycles. The average molecular weight is 1140 g/mol. The number of hydrogen-bond acceptors (Lipinski definition) is 14. The van der Waals surface area contributed by atoms with Crippen molar-refractivity contribution in [3.05, 3.63) is 131 Å². The second-order valence-electron chi connectivity index (χ2n) is 20.5. The number of esters is 2. The fourth-order valence-electron chi connectivity index (χ4n) is 6.58. The van der Waals surface area contributed by atoms with Gasteiger partial charge in [0.25, 0.3) is 0 Å². The molecule has 0 aliphatic heterocycles. The molecule has 22 heteroatoms. The van der Waals surface area contributed by atoms with Crippen LogP contribution >= 0.6 is 0 Å². The molecule has 0 unspecified atom stereocenters. The molecular weight excluding hydrogens is 1050 g/mol. The van der Waals surface area contributed by atoms with Crippen molar-refractivity contribution in [3.63, 3.8) is 0 Å². The van der Waals surface area contributed by atoms with E-state index in [1.165, 1.54) is 48.6 Å².